The number of nitrogens with two attached hydrogens (primary N) is 1. The second-order valence-corrected chi connectivity index (χ2v) is 4.60. The van der Waals surface area contributed by atoms with Gasteiger partial charge in [0.2, 0.25) is 0 Å². The molecule has 1 aliphatic rings. The molecule has 0 atom stereocenters. The number of oxime groups is 1. The van der Waals surface area contributed by atoms with Crippen LogP contribution in [0, 0.1) is 0 Å². The van der Waals surface area contributed by atoms with Crippen LogP contribution >= 0.6 is 0 Å². The van der Waals surface area contributed by atoms with Crippen molar-refractivity contribution < 1.29 is 5.21 Å². The molecule has 6 nitrogen and oxygen atoms in total. The Hall–Kier alpha value is -1.69. The third-order valence-electron chi connectivity index (χ3n) is 3.30. The van der Waals surface area contributed by atoms with Gasteiger partial charge in [0.1, 0.15) is 5.82 Å². The van der Waals surface area contributed by atoms with Crippen molar-refractivity contribution in [1.82, 2.24) is 14.9 Å². The molecule has 18 heavy (non-hydrogen) atoms. The van der Waals surface area contributed by atoms with E-state index in [1.807, 2.05) is 0 Å². The van der Waals surface area contributed by atoms with Crippen LogP contribution < -0.4 is 5.73 Å². The Labute approximate surface area is 107 Å². The van der Waals surface area contributed by atoms with Crippen molar-refractivity contribution in [3.63, 3.8) is 0 Å². The lowest BCUT2D eigenvalue weighted by Crippen LogP contribution is -2.40. The van der Waals surface area contributed by atoms with Gasteiger partial charge < -0.3 is 10.9 Å². The first kappa shape index (κ1) is 12.8. The predicted molar refractivity (Wildman–Crippen MR) is 68.1 cm³/mol. The van der Waals surface area contributed by atoms with E-state index < -0.39 is 0 Å². The monoisotopic (exact) mass is 249 g/mol. The summed E-state index contributed by atoms with van der Waals surface area (Å²) in [6.07, 6.45) is 8.27. The molecule has 0 spiro atoms. The maximum absolute atomic E-state index is 8.70. The zero-order valence-electron chi connectivity index (χ0n) is 10.4. The molecule has 98 valence electrons. The highest BCUT2D eigenvalue weighted by Crippen LogP contribution is 2.24. The Morgan fingerprint density at radius 1 is 1.39 bits per heavy atom. The third kappa shape index (κ3) is 3.40. The summed E-state index contributed by atoms with van der Waals surface area (Å²) in [5.41, 5.74) is 5.61. The van der Waals surface area contributed by atoms with Crippen LogP contribution in [0.3, 0.4) is 0 Å². The molecule has 0 radical (unpaired) electrons. The molecular weight excluding hydrogens is 230 g/mol. The Morgan fingerprint density at radius 3 is 2.67 bits per heavy atom. The second-order valence-electron chi connectivity index (χ2n) is 4.60. The minimum absolute atomic E-state index is 0.234. The van der Waals surface area contributed by atoms with E-state index >= 15 is 0 Å². The lowest BCUT2D eigenvalue weighted by molar-refractivity contribution is 0.209. The van der Waals surface area contributed by atoms with Gasteiger partial charge in [-0.15, -0.1) is 0 Å². The van der Waals surface area contributed by atoms with Gasteiger partial charge in [-0.3, -0.25) is 4.90 Å². The summed E-state index contributed by atoms with van der Waals surface area (Å²) in [6.45, 7) is 1.10. The van der Waals surface area contributed by atoms with E-state index in [9.17, 15) is 0 Å². The topological polar surface area (TPSA) is 87.6 Å². The second kappa shape index (κ2) is 6.30. The highest BCUT2D eigenvalue weighted by atomic mass is 16.4. The molecule has 0 unspecified atom stereocenters. The van der Waals surface area contributed by atoms with E-state index in [4.69, 9.17) is 10.9 Å². The standard InChI is InChI=1S/C12H19N5O/c13-11(16-18)8-17(10-4-1-2-5-10)9-12-14-6-3-7-15-12/h3,6-7,10,18H,1-2,4-5,8-9H2,(H2,13,16). The molecule has 0 amide bonds. The maximum atomic E-state index is 8.70. The normalized spacial score (nSPS) is 17.5. The summed E-state index contributed by atoms with van der Waals surface area (Å²) in [6, 6.07) is 2.28. The minimum atomic E-state index is 0.234. The molecule has 1 heterocycles. The fourth-order valence-electron chi connectivity index (χ4n) is 2.42. The summed E-state index contributed by atoms with van der Waals surface area (Å²) >= 11 is 0. The van der Waals surface area contributed by atoms with Crippen LogP contribution in [0.5, 0.6) is 0 Å². The number of amidine groups is 1. The van der Waals surface area contributed by atoms with Gasteiger partial charge in [-0.25, -0.2) is 9.97 Å². The summed E-state index contributed by atoms with van der Waals surface area (Å²) in [4.78, 5) is 10.6. The largest absolute Gasteiger partial charge is 0.409 e. The Morgan fingerprint density at radius 2 is 2.06 bits per heavy atom. The van der Waals surface area contributed by atoms with Crippen LogP contribution in [0.15, 0.2) is 23.6 Å². The van der Waals surface area contributed by atoms with Crippen LogP contribution in [-0.2, 0) is 6.54 Å². The Balaban J connectivity index is 2.04. The van der Waals surface area contributed by atoms with Crippen molar-refractivity contribution in [2.24, 2.45) is 10.9 Å². The first-order valence-corrected chi connectivity index (χ1v) is 6.26. The highest BCUT2D eigenvalue weighted by molar-refractivity contribution is 5.81. The van der Waals surface area contributed by atoms with Crippen LogP contribution in [0.2, 0.25) is 0 Å². The molecular formula is C12H19N5O. The number of nitrogens with zero attached hydrogens (tertiary/aromatic N) is 4. The summed E-state index contributed by atoms with van der Waals surface area (Å²) in [5.74, 6) is 1.01. The molecule has 0 bridgehead atoms. The van der Waals surface area contributed by atoms with Crippen LogP contribution in [0.4, 0.5) is 0 Å². The van der Waals surface area contributed by atoms with E-state index in [0.29, 0.717) is 19.1 Å². The first-order valence-electron chi connectivity index (χ1n) is 6.26. The van der Waals surface area contributed by atoms with Crippen molar-refractivity contribution in [2.75, 3.05) is 6.54 Å². The molecule has 2 rings (SSSR count). The number of hydrogen-bond donors (Lipinski definition) is 2. The fourth-order valence-corrected chi connectivity index (χ4v) is 2.42. The minimum Gasteiger partial charge on any atom is -0.409 e. The quantitative estimate of drug-likeness (QED) is 0.351. The van der Waals surface area contributed by atoms with E-state index in [1.165, 1.54) is 12.8 Å². The van der Waals surface area contributed by atoms with E-state index in [-0.39, 0.29) is 5.84 Å². The predicted octanol–water partition coefficient (Wildman–Crippen LogP) is 0.968. The summed E-state index contributed by atoms with van der Waals surface area (Å²) in [7, 11) is 0. The fraction of sp³-hybridized carbons (Fsp3) is 0.583. The molecule has 0 aliphatic heterocycles. The highest BCUT2D eigenvalue weighted by Gasteiger charge is 2.24. The smallest absolute Gasteiger partial charge is 0.153 e. The van der Waals surface area contributed by atoms with Crippen molar-refractivity contribution in [2.45, 2.75) is 38.3 Å². The molecule has 1 aliphatic carbocycles. The zero-order chi connectivity index (χ0) is 12.8. The number of hydrogen-bond acceptors (Lipinski definition) is 5. The van der Waals surface area contributed by atoms with E-state index in [2.05, 4.69) is 20.0 Å². The van der Waals surface area contributed by atoms with Gasteiger partial charge in [0.25, 0.3) is 0 Å². The van der Waals surface area contributed by atoms with Crippen molar-refractivity contribution in [3.8, 4) is 0 Å². The van der Waals surface area contributed by atoms with Gasteiger partial charge in [-0.05, 0) is 18.9 Å². The summed E-state index contributed by atoms with van der Waals surface area (Å²) < 4.78 is 0. The average molecular weight is 249 g/mol. The van der Waals surface area contributed by atoms with Crippen LogP contribution in [-0.4, -0.2) is 38.5 Å². The van der Waals surface area contributed by atoms with Gasteiger partial charge in [-0.1, -0.05) is 18.0 Å². The van der Waals surface area contributed by atoms with Crippen LogP contribution in [0.25, 0.3) is 0 Å². The van der Waals surface area contributed by atoms with Gasteiger partial charge >= 0.3 is 0 Å². The van der Waals surface area contributed by atoms with Gasteiger partial charge in [0.05, 0.1) is 13.1 Å². The molecule has 3 N–H and O–H groups in total. The van der Waals surface area contributed by atoms with Crippen molar-refractivity contribution in [1.29, 1.82) is 0 Å². The van der Waals surface area contributed by atoms with Crippen molar-refractivity contribution >= 4 is 5.84 Å². The zero-order valence-corrected chi connectivity index (χ0v) is 10.4. The third-order valence-corrected chi connectivity index (χ3v) is 3.30. The molecule has 1 aromatic rings. The maximum Gasteiger partial charge on any atom is 0.153 e. The first-order chi connectivity index (χ1) is 8.79. The lowest BCUT2D eigenvalue weighted by Gasteiger charge is -2.27. The van der Waals surface area contributed by atoms with Gasteiger partial charge in [0, 0.05) is 18.4 Å². The Bertz CT molecular complexity index is 389. The summed E-state index contributed by atoms with van der Waals surface area (Å²) in [5, 5.41) is 11.8. The van der Waals surface area contributed by atoms with Crippen molar-refractivity contribution in [3.05, 3.63) is 24.3 Å². The molecule has 0 aromatic carbocycles. The van der Waals surface area contributed by atoms with Gasteiger partial charge in [-0.2, -0.15) is 0 Å². The molecule has 1 saturated carbocycles. The number of aromatic nitrogens is 2. The van der Waals surface area contributed by atoms with E-state index in [1.54, 1.807) is 18.5 Å². The Kier molecular flexibility index (Phi) is 4.46. The molecule has 6 heteroatoms. The lowest BCUT2D eigenvalue weighted by atomic mass is 10.2. The van der Waals surface area contributed by atoms with Gasteiger partial charge in [0.15, 0.2) is 5.84 Å². The van der Waals surface area contributed by atoms with E-state index in [0.717, 1.165) is 18.7 Å². The molecule has 1 aromatic heterocycles. The van der Waals surface area contributed by atoms with Crippen LogP contribution in [0.1, 0.15) is 31.5 Å². The average Bonchev–Trinajstić information content (AvgIpc) is 2.93. The molecule has 1 fully saturated rings. The SMILES string of the molecule is NC(CN(Cc1ncccn1)C1CCCC1)=NO. The number of rotatable bonds is 5. The molecule has 0 saturated heterocycles.